The molecule has 2 aromatic carbocycles. The van der Waals surface area contributed by atoms with Crippen molar-refractivity contribution in [2.45, 2.75) is 6.92 Å². The highest BCUT2D eigenvalue weighted by molar-refractivity contribution is 5.98. The van der Waals surface area contributed by atoms with Crippen LogP contribution in [0.3, 0.4) is 0 Å². The summed E-state index contributed by atoms with van der Waals surface area (Å²) in [5.74, 6) is -1.40. The number of aliphatic hydroxyl groups excluding tert-OH is 1. The number of halogens is 2. The third-order valence-electron chi connectivity index (χ3n) is 5.94. The van der Waals surface area contributed by atoms with E-state index < -0.39 is 22.8 Å². The van der Waals surface area contributed by atoms with Gasteiger partial charge in [-0.15, -0.1) is 0 Å². The molecule has 1 aliphatic rings. The number of nitrogens with zero attached hydrogens (tertiary/aromatic N) is 2. The van der Waals surface area contributed by atoms with Crippen LogP contribution < -0.4 is 14.8 Å². The summed E-state index contributed by atoms with van der Waals surface area (Å²) in [5, 5.41) is 12.8. The number of ether oxygens (including phenoxy) is 3. The van der Waals surface area contributed by atoms with Crippen molar-refractivity contribution in [2.75, 3.05) is 32.2 Å². The fourth-order valence-electron chi connectivity index (χ4n) is 3.84. The van der Waals surface area contributed by atoms with Gasteiger partial charge in [0, 0.05) is 41.2 Å². The second-order valence-corrected chi connectivity index (χ2v) is 8.84. The Kier molecular flexibility index (Phi) is 6.19. The molecule has 186 valence electrons. The number of fused-ring (bicyclic) bond motifs is 1. The Morgan fingerprint density at radius 3 is 2.56 bits per heavy atom. The van der Waals surface area contributed by atoms with E-state index in [1.807, 2.05) is 31.2 Å². The normalized spacial score (nSPS) is 17.4. The topological polar surface area (TPSA) is 101 Å². The molecular formula is C26H24F2N4O4. The van der Waals surface area contributed by atoms with Crippen LogP contribution in [0.2, 0.25) is 0 Å². The third kappa shape index (κ3) is 4.55. The summed E-state index contributed by atoms with van der Waals surface area (Å²) < 4.78 is 46.5. The minimum absolute atomic E-state index is 0.0807. The van der Waals surface area contributed by atoms with Crippen molar-refractivity contribution in [1.29, 1.82) is 0 Å². The molecule has 0 amide bonds. The molecule has 36 heavy (non-hydrogen) atoms. The van der Waals surface area contributed by atoms with Gasteiger partial charge in [-0.05, 0) is 23.8 Å². The second-order valence-electron chi connectivity index (χ2n) is 8.84. The molecule has 0 bridgehead atoms. The Labute approximate surface area is 205 Å². The lowest BCUT2D eigenvalue weighted by atomic mass is 9.93. The number of benzene rings is 2. The van der Waals surface area contributed by atoms with Crippen molar-refractivity contribution in [2.24, 2.45) is 10.4 Å². The van der Waals surface area contributed by atoms with E-state index in [0.29, 0.717) is 23.3 Å². The van der Waals surface area contributed by atoms with Crippen LogP contribution >= 0.6 is 0 Å². The Morgan fingerprint density at radius 1 is 1.17 bits per heavy atom. The van der Waals surface area contributed by atoms with E-state index in [4.69, 9.17) is 14.2 Å². The first-order valence-electron chi connectivity index (χ1n) is 11.2. The maximum absolute atomic E-state index is 15.0. The minimum Gasteiger partial charge on any atom is -0.497 e. The summed E-state index contributed by atoms with van der Waals surface area (Å²) in [6, 6.07) is 11.3. The lowest BCUT2D eigenvalue weighted by molar-refractivity contribution is 0.0706. The van der Waals surface area contributed by atoms with E-state index in [1.165, 1.54) is 6.20 Å². The number of pyridine rings is 1. The Morgan fingerprint density at radius 2 is 1.92 bits per heavy atom. The number of amidine groups is 1. The summed E-state index contributed by atoms with van der Waals surface area (Å²) >= 11 is 0. The number of H-pyrrole nitrogens is 1. The van der Waals surface area contributed by atoms with Crippen molar-refractivity contribution in [3.8, 4) is 28.4 Å². The second kappa shape index (κ2) is 9.46. The first-order valence-corrected chi connectivity index (χ1v) is 11.2. The molecule has 1 atom stereocenters. The van der Waals surface area contributed by atoms with Gasteiger partial charge in [0.15, 0.2) is 17.4 Å². The molecule has 0 spiro atoms. The zero-order chi connectivity index (χ0) is 25.3. The number of hydrogen-bond acceptors (Lipinski definition) is 7. The van der Waals surface area contributed by atoms with Gasteiger partial charge in [0.05, 0.1) is 25.6 Å². The van der Waals surface area contributed by atoms with Crippen molar-refractivity contribution in [3.05, 3.63) is 66.5 Å². The van der Waals surface area contributed by atoms with Crippen LogP contribution in [0.5, 0.6) is 17.2 Å². The SMILES string of the molecule is COc1ccc(-c2c[nH]c3nccc(Oc4c(F)cc(NC5=NC[C@](C)(CO)CO5)cc4F)c23)cc1. The van der Waals surface area contributed by atoms with Gasteiger partial charge in [-0.3, -0.25) is 0 Å². The highest BCUT2D eigenvalue weighted by Gasteiger charge is 2.29. The summed E-state index contributed by atoms with van der Waals surface area (Å²) in [6.07, 6.45) is 3.26. The van der Waals surface area contributed by atoms with E-state index in [2.05, 4.69) is 20.3 Å². The van der Waals surface area contributed by atoms with Crippen LogP contribution in [-0.2, 0) is 4.74 Å². The highest BCUT2D eigenvalue weighted by atomic mass is 19.1. The Hall–Kier alpha value is -4.18. The quantitative estimate of drug-likeness (QED) is 0.345. The fraction of sp³-hybridized carbons (Fsp3) is 0.231. The zero-order valence-electron chi connectivity index (χ0n) is 19.6. The predicted molar refractivity (Wildman–Crippen MR) is 132 cm³/mol. The molecule has 3 N–H and O–H groups in total. The van der Waals surface area contributed by atoms with E-state index in [9.17, 15) is 5.11 Å². The van der Waals surface area contributed by atoms with Gasteiger partial charge in [-0.25, -0.2) is 18.8 Å². The average molecular weight is 494 g/mol. The van der Waals surface area contributed by atoms with Crippen LogP contribution in [0.25, 0.3) is 22.2 Å². The molecule has 2 aromatic heterocycles. The van der Waals surface area contributed by atoms with Gasteiger partial charge in [-0.2, -0.15) is 0 Å². The Bertz CT molecular complexity index is 1410. The van der Waals surface area contributed by atoms with Crippen LogP contribution in [0.4, 0.5) is 14.5 Å². The van der Waals surface area contributed by atoms with Crippen molar-refractivity contribution in [1.82, 2.24) is 9.97 Å². The van der Waals surface area contributed by atoms with E-state index in [-0.39, 0.29) is 30.7 Å². The van der Waals surface area contributed by atoms with Gasteiger partial charge in [0.1, 0.15) is 23.8 Å². The first-order chi connectivity index (χ1) is 17.4. The zero-order valence-corrected chi connectivity index (χ0v) is 19.6. The number of aromatic amines is 1. The van der Waals surface area contributed by atoms with Crippen molar-refractivity contribution in [3.63, 3.8) is 0 Å². The largest absolute Gasteiger partial charge is 0.497 e. The van der Waals surface area contributed by atoms with Crippen molar-refractivity contribution >= 4 is 22.7 Å². The molecule has 1 aliphatic heterocycles. The number of aromatic nitrogens is 2. The predicted octanol–water partition coefficient (Wildman–Crippen LogP) is 5.11. The molecule has 0 aliphatic carbocycles. The van der Waals surface area contributed by atoms with Gasteiger partial charge in [0.2, 0.25) is 0 Å². The van der Waals surface area contributed by atoms with Gasteiger partial charge in [0.25, 0.3) is 6.02 Å². The standard InChI is InChI=1S/C26H24F2N4O4/c1-26(13-33)12-31-25(35-14-26)32-16-9-19(27)23(20(28)10-16)36-21-7-8-29-24-22(21)18(11-30-24)15-3-5-17(34-2)6-4-15/h3-11,33H,12-14H2,1-2H3,(H,29,30)(H,31,32)/t26-/m1/s1. The molecule has 4 aromatic rings. The van der Waals surface area contributed by atoms with Gasteiger partial charge in [-0.1, -0.05) is 19.1 Å². The number of rotatable bonds is 6. The summed E-state index contributed by atoms with van der Waals surface area (Å²) in [4.78, 5) is 11.6. The number of methoxy groups -OCH3 is 1. The van der Waals surface area contributed by atoms with E-state index in [1.54, 1.807) is 19.4 Å². The smallest absolute Gasteiger partial charge is 0.289 e. The average Bonchev–Trinajstić information content (AvgIpc) is 3.33. The molecule has 0 fully saturated rings. The van der Waals surface area contributed by atoms with Gasteiger partial charge < -0.3 is 29.6 Å². The monoisotopic (exact) mass is 494 g/mol. The highest BCUT2D eigenvalue weighted by Crippen LogP contribution is 2.39. The number of aliphatic hydroxyl groups is 1. The van der Waals surface area contributed by atoms with Crippen LogP contribution in [0.15, 0.2) is 59.9 Å². The summed E-state index contributed by atoms with van der Waals surface area (Å²) in [5.41, 5.74) is 1.75. The molecule has 0 radical (unpaired) electrons. The minimum atomic E-state index is -0.902. The van der Waals surface area contributed by atoms with E-state index >= 15 is 8.78 Å². The third-order valence-corrected chi connectivity index (χ3v) is 5.94. The van der Waals surface area contributed by atoms with Crippen molar-refractivity contribution < 1.29 is 28.1 Å². The molecule has 0 unspecified atom stereocenters. The van der Waals surface area contributed by atoms with Gasteiger partial charge >= 0.3 is 0 Å². The lowest BCUT2D eigenvalue weighted by Gasteiger charge is -2.30. The molecule has 0 saturated carbocycles. The number of aliphatic imine (C=N–C) groups is 1. The molecule has 3 heterocycles. The fourth-order valence-corrected chi connectivity index (χ4v) is 3.84. The number of hydrogen-bond donors (Lipinski definition) is 3. The summed E-state index contributed by atoms with van der Waals surface area (Å²) in [6.45, 7) is 2.30. The first kappa shape index (κ1) is 23.6. The molecule has 0 saturated heterocycles. The van der Waals surface area contributed by atoms with Crippen LogP contribution in [-0.4, -0.2) is 48.0 Å². The molecule has 10 heteroatoms. The van der Waals surface area contributed by atoms with Crippen LogP contribution in [0, 0.1) is 17.0 Å². The molecule has 5 rings (SSSR count). The lowest BCUT2D eigenvalue weighted by Crippen LogP contribution is -2.38. The maximum atomic E-state index is 15.0. The number of anilines is 1. The van der Waals surface area contributed by atoms with Crippen LogP contribution in [0.1, 0.15) is 6.92 Å². The Balaban J connectivity index is 1.43. The molecular weight excluding hydrogens is 470 g/mol. The maximum Gasteiger partial charge on any atom is 0.289 e. The summed E-state index contributed by atoms with van der Waals surface area (Å²) in [7, 11) is 1.59. The molecule has 8 nitrogen and oxygen atoms in total. The number of nitrogens with one attached hydrogen (secondary N) is 2. The van der Waals surface area contributed by atoms with E-state index in [0.717, 1.165) is 23.3 Å².